The molecule has 0 aromatic heterocycles. The largest absolute Gasteiger partial charge is 0.490 e. The van der Waals surface area contributed by atoms with Gasteiger partial charge in [-0.15, -0.1) is 0 Å². The Morgan fingerprint density at radius 2 is 1.95 bits per heavy atom. The zero-order valence-corrected chi connectivity index (χ0v) is 25.9. The Morgan fingerprint density at radius 1 is 1.20 bits per heavy atom. The Bertz CT molecular complexity index is 912. The highest BCUT2D eigenvalue weighted by Crippen LogP contribution is 2.28. The van der Waals surface area contributed by atoms with Crippen molar-refractivity contribution in [3.63, 3.8) is 0 Å². The molecule has 1 aliphatic heterocycles. The number of anilines is 1. The van der Waals surface area contributed by atoms with E-state index in [2.05, 4.69) is 31.1 Å². The summed E-state index contributed by atoms with van der Waals surface area (Å²) in [5.41, 5.74) is 0.953. The molecule has 1 aromatic carbocycles. The molecule has 0 saturated heterocycles. The van der Waals surface area contributed by atoms with Gasteiger partial charge in [-0.2, -0.15) is 0 Å². The SMILES string of the molecule is CCCN(C)C[C@H]1OCCCC[C@@H](C)Oc2ccc(NC(=O)CCCN(C)C)cc2C(=O)N([C@H](C)CO)C[C@@H]1C. The maximum Gasteiger partial charge on any atom is 0.258 e. The highest BCUT2D eigenvalue weighted by Gasteiger charge is 2.30. The van der Waals surface area contributed by atoms with Gasteiger partial charge in [0.15, 0.2) is 0 Å². The lowest BCUT2D eigenvalue weighted by Gasteiger charge is -2.35. The minimum absolute atomic E-state index is 0.0402. The van der Waals surface area contributed by atoms with Crippen LogP contribution in [0.25, 0.3) is 0 Å². The molecule has 0 bridgehead atoms. The van der Waals surface area contributed by atoms with E-state index in [-0.39, 0.29) is 36.5 Å². The molecule has 0 spiro atoms. The molecule has 0 radical (unpaired) electrons. The van der Waals surface area contributed by atoms with Crippen LogP contribution in [0.2, 0.25) is 0 Å². The number of aliphatic hydroxyl groups is 1. The van der Waals surface area contributed by atoms with Crippen LogP contribution < -0.4 is 10.1 Å². The third kappa shape index (κ3) is 11.4. The molecule has 1 heterocycles. The highest BCUT2D eigenvalue weighted by molar-refractivity contribution is 5.99. The van der Waals surface area contributed by atoms with E-state index in [1.807, 2.05) is 32.8 Å². The van der Waals surface area contributed by atoms with Crippen molar-refractivity contribution in [2.24, 2.45) is 5.92 Å². The second-order valence-electron chi connectivity index (χ2n) is 11.7. The van der Waals surface area contributed by atoms with Crippen LogP contribution in [0.1, 0.15) is 76.6 Å². The molecule has 2 N–H and O–H groups in total. The summed E-state index contributed by atoms with van der Waals surface area (Å²) in [4.78, 5) is 32.8. The number of fused-ring (bicyclic) bond motifs is 1. The van der Waals surface area contributed by atoms with Gasteiger partial charge in [-0.3, -0.25) is 9.59 Å². The Balaban J connectivity index is 2.39. The number of aliphatic hydroxyl groups excluding tert-OH is 1. The second kappa shape index (κ2) is 17.6. The minimum atomic E-state index is -0.397. The number of benzene rings is 1. The number of amides is 2. The van der Waals surface area contributed by atoms with E-state index in [0.717, 1.165) is 51.7 Å². The summed E-state index contributed by atoms with van der Waals surface area (Å²) in [7, 11) is 6.07. The first-order valence-electron chi connectivity index (χ1n) is 15.0. The van der Waals surface area contributed by atoms with Crippen LogP contribution in [0, 0.1) is 5.92 Å². The molecule has 1 aromatic rings. The fraction of sp³-hybridized carbons (Fsp3) is 0.742. The normalized spacial score (nSPS) is 22.0. The van der Waals surface area contributed by atoms with Gasteiger partial charge in [-0.05, 0) is 98.4 Å². The molecule has 0 saturated carbocycles. The lowest BCUT2D eigenvalue weighted by atomic mass is 10.0. The maximum absolute atomic E-state index is 14.1. The number of carbonyl (C=O) groups is 2. The Hall–Kier alpha value is -2.20. The Labute approximate surface area is 242 Å². The topological polar surface area (TPSA) is 94.6 Å². The van der Waals surface area contributed by atoms with E-state index >= 15 is 0 Å². The van der Waals surface area contributed by atoms with Crippen molar-refractivity contribution in [3.05, 3.63) is 23.8 Å². The molecule has 2 rings (SSSR count). The number of nitrogens with zero attached hydrogens (tertiary/aromatic N) is 3. The van der Waals surface area contributed by atoms with E-state index in [0.29, 0.717) is 36.6 Å². The van der Waals surface area contributed by atoms with E-state index in [4.69, 9.17) is 9.47 Å². The maximum atomic E-state index is 14.1. The van der Waals surface area contributed by atoms with E-state index < -0.39 is 6.04 Å². The zero-order valence-electron chi connectivity index (χ0n) is 25.9. The lowest BCUT2D eigenvalue weighted by molar-refractivity contribution is -0.116. The molecular weight excluding hydrogens is 508 g/mol. The van der Waals surface area contributed by atoms with Crippen molar-refractivity contribution in [1.29, 1.82) is 0 Å². The third-order valence-corrected chi connectivity index (χ3v) is 7.44. The van der Waals surface area contributed by atoms with Gasteiger partial charge < -0.3 is 34.6 Å². The predicted molar refractivity (Wildman–Crippen MR) is 161 cm³/mol. The van der Waals surface area contributed by atoms with Gasteiger partial charge in [0.05, 0.1) is 30.4 Å². The minimum Gasteiger partial charge on any atom is -0.490 e. The Morgan fingerprint density at radius 3 is 2.62 bits per heavy atom. The van der Waals surface area contributed by atoms with Crippen molar-refractivity contribution < 1.29 is 24.2 Å². The van der Waals surface area contributed by atoms with Crippen LogP contribution in [-0.2, 0) is 9.53 Å². The summed E-state index contributed by atoms with van der Waals surface area (Å²) < 4.78 is 12.7. The summed E-state index contributed by atoms with van der Waals surface area (Å²) in [6, 6.07) is 4.89. The molecule has 0 aliphatic carbocycles. The van der Waals surface area contributed by atoms with Gasteiger partial charge in [-0.1, -0.05) is 13.8 Å². The van der Waals surface area contributed by atoms with Gasteiger partial charge in [0.25, 0.3) is 5.91 Å². The molecule has 0 unspecified atom stereocenters. The fourth-order valence-corrected chi connectivity index (χ4v) is 5.02. The standard InChI is InChI=1S/C31H54N4O5/c1-8-16-34(7)21-29-23(2)20-35(24(3)22-36)31(38)27-19-26(32-30(37)13-11-17-33(5)6)14-15-28(27)40-25(4)12-9-10-18-39-29/h14-15,19,23-25,29,36H,8-13,16-18,20-22H2,1-7H3,(H,32,37)/t23-,24+,25+,29+/m0/s1. The second-order valence-corrected chi connectivity index (χ2v) is 11.7. The number of ether oxygens (including phenoxy) is 2. The van der Waals surface area contributed by atoms with Crippen LogP contribution in [0.4, 0.5) is 5.69 Å². The molecular formula is C31H54N4O5. The Kier molecular flexibility index (Phi) is 14.9. The van der Waals surface area contributed by atoms with E-state index in [1.54, 1.807) is 23.1 Å². The molecule has 40 heavy (non-hydrogen) atoms. The van der Waals surface area contributed by atoms with Crippen LogP contribution in [0.15, 0.2) is 18.2 Å². The van der Waals surface area contributed by atoms with Gasteiger partial charge in [0.2, 0.25) is 5.91 Å². The molecule has 0 fully saturated rings. The van der Waals surface area contributed by atoms with Gasteiger partial charge in [-0.25, -0.2) is 0 Å². The first-order valence-corrected chi connectivity index (χ1v) is 15.0. The highest BCUT2D eigenvalue weighted by atomic mass is 16.5. The average molecular weight is 563 g/mol. The summed E-state index contributed by atoms with van der Waals surface area (Å²) >= 11 is 0. The molecule has 9 nitrogen and oxygen atoms in total. The summed E-state index contributed by atoms with van der Waals surface area (Å²) in [5.74, 6) is 0.230. The van der Waals surface area contributed by atoms with Crippen molar-refractivity contribution in [2.45, 2.75) is 84.5 Å². The monoisotopic (exact) mass is 562 g/mol. The number of hydrogen-bond acceptors (Lipinski definition) is 7. The number of rotatable bonds is 11. The summed E-state index contributed by atoms with van der Waals surface area (Å²) in [5, 5.41) is 13.1. The molecule has 4 atom stereocenters. The number of hydrogen-bond donors (Lipinski definition) is 2. The summed E-state index contributed by atoms with van der Waals surface area (Å²) in [6.07, 6.45) is 4.83. The summed E-state index contributed by atoms with van der Waals surface area (Å²) in [6.45, 7) is 11.7. The molecule has 9 heteroatoms. The predicted octanol–water partition coefficient (Wildman–Crippen LogP) is 4.10. The number of nitrogens with one attached hydrogen (secondary N) is 1. The number of carbonyl (C=O) groups excluding carboxylic acids is 2. The van der Waals surface area contributed by atoms with Gasteiger partial charge in [0, 0.05) is 37.7 Å². The zero-order chi connectivity index (χ0) is 29.7. The van der Waals surface area contributed by atoms with Gasteiger partial charge >= 0.3 is 0 Å². The fourth-order valence-electron chi connectivity index (χ4n) is 5.02. The first-order chi connectivity index (χ1) is 19.0. The molecule has 1 aliphatic rings. The third-order valence-electron chi connectivity index (χ3n) is 7.44. The van der Waals surface area contributed by atoms with Crippen molar-refractivity contribution in [2.75, 3.05) is 65.9 Å². The van der Waals surface area contributed by atoms with Crippen LogP contribution >= 0.6 is 0 Å². The van der Waals surface area contributed by atoms with Crippen molar-refractivity contribution >= 4 is 17.5 Å². The average Bonchev–Trinajstić information content (AvgIpc) is 2.90. The van der Waals surface area contributed by atoms with E-state index in [9.17, 15) is 14.7 Å². The first kappa shape index (κ1) is 34.0. The quantitative estimate of drug-likeness (QED) is 0.419. The van der Waals surface area contributed by atoms with Gasteiger partial charge in [0.1, 0.15) is 5.75 Å². The van der Waals surface area contributed by atoms with Crippen LogP contribution in [0.5, 0.6) is 5.75 Å². The van der Waals surface area contributed by atoms with Crippen molar-refractivity contribution in [3.8, 4) is 5.75 Å². The number of likely N-dealkylation sites (N-methyl/N-ethyl adjacent to an activating group) is 1. The van der Waals surface area contributed by atoms with E-state index in [1.165, 1.54) is 0 Å². The van der Waals surface area contributed by atoms with Crippen LogP contribution in [0.3, 0.4) is 0 Å². The molecule has 228 valence electrons. The molecule has 2 amide bonds. The smallest absolute Gasteiger partial charge is 0.258 e. The van der Waals surface area contributed by atoms with Crippen molar-refractivity contribution in [1.82, 2.24) is 14.7 Å². The lowest BCUT2D eigenvalue weighted by Crippen LogP contribution is -2.47. The van der Waals surface area contributed by atoms with Crippen LogP contribution in [-0.4, -0.2) is 110 Å².